The van der Waals surface area contributed by atoms with E-state index in [1.165, 1.54) is 7.11 Å². The number of nitrogens with two attached hydrogens (primary N) is 1. The van der Waals surface area contributed by atoms with Crippen molar-refractivity contribution in [2.24, 2.45) is 5.73 Å². The molecule has 1 aliphatic heterocycles. The van der Waals surface area contributed by atoms with Crippen molar-refractivity contribution in [3.8, 4) is 16.9 Å². The zero-order valence-corrected chi connectivity index (χ0v) is 22.3. The summed E-state index contributed by atoms with van der Waals surface area (Å²) in [4.78, 5) is 38.6. The average Bonchev–Trinajstić information content (AvgIpc) is 2.97. The molecule has 1 fully saturated rings. The van der Waals surface area contributed by atoms with Gasteiger partial charge in [0.05, 0.1) is 39.0 Å². The molecule has 39 heavy (non-hydrogen) atoms. The second-order valence-corrected chi connectivity index (χ2v) is 9.38. The molecule has 0 aromatic heterocycles. The first-order valence-electron chi connectivity index (χ1n) is 12.7. The van der Waals surface area contributed by atoms with Crippen molar-refractivity contribution in [1.29, 1.82) is 0 Å². The predicted molar refractivity (Wildman–Crippen MR) is 146 cm³/mol. The number of methoxy groups -OCH3 is 2. The Morgan fingerprint density at radius 1 is 1.03 bits per heavy atom. The molecule has 1 aliphatic rings. The number of hydrogen-bond acceptors (Lipinski definition) is 7. The van der Waals surface area contributed by atoms with Crippen LogP contribution in [0.3, 0.4) is 0 Å². The molecule has 2 amide bonds. The highest BCUT2D eigenvalue weighted by Gasteiger charge is 2.30. The van der Waals surface area contributed by atoms with Gasteiger partial charge in [-0.2, -0.15) is 0 Å². The smallest absolute Gasteiger partial charge is 0.337 e. The zero-order chi connectivity index (χ0) is 27.9. The Kier molecular flexibility index (Phi) is 8.96. The van der Waals surface area contributed by atoms with Crippen molar-refractivity contribution in [2.75, 3.05) is 34.0 Å². The van der Waals surface area contributed by atoms with E-state index in [2.05, 4.69) is 10.2 Å². The molecule has 1 saturated heterocycles. The summed E-state index contributed by atoms with van der Waals surface area (Å²) < 4.78 is 16.0. The Morgan fingerprint density at radius 3 is 2.36 bits per heavy atom. The molecule has 0 bridgehead atoms. The van der Waals surface area contributed by atoms with Crippen LogP contribution in [-0.2, 0) is 20.8 Å². The van der Waals surface area contributed by atoms with E-state index in [1.807, 2.05) is 37.3 Å². The van der Waals surface area contributed by atoms with E-state index in [1.54, 1.807) is 43.5 Å². The van der Waals surface area contributed by atoms with Crippen molar-refractivity contribution >= 4 is 17.8 Å². The predicted octanol–water partition coefficient (Wildman–Crippen LogP) is 3.33. The maximum absolute atomic E-state index is 13.3. The molecular weight excluding hydrogens is 498 g/mol. The minimum atomic E-state index is -0.480. The van der Waals surface area contributed by atoms with Gasteiger partial charge in [-0.1, -0.05) is 30.3 Å². The van der Waals surface area contributed by atoms with Gasteiger partial charge in [0.15, 0.2) is 0 Å². The number of benzene rings is 3. The Labute approximate surface area is 227 Å². The van der Waals surface area contributed by atoms with E-state index in [0.29, 0.717) is 36.6 Å². The largest absolute Gasteiger partial charge is 0.496 e. The molecule has 0 radical (unpaired) electrons. The van der Waals surface area contributed by atoms with E-state index in [0.717, 1.165) is 22.3 Å². The number of morpholine rings is 1. The number of carbonyl (C=O) groups is 3. The molecule has 0 spiro atoms. The van der Waals surface area contributed by atoms with Crippen LogP contribution >= 0.6 is 0 Å². The lowest BCUT2D eigenvalue weighted by Gasteiger charge is -2.35. The quantitative estimate of drug-likeness (QED) is 0.407. The fraction of sp³-hybridized carbons (Fsp3) is 0.300. The summed E-state index contributed by atoms with van der Waals surface area (Å²) in [6, 6.07) is 19.2. The third-order valence-electron chi connectivity index (χ3n) is 6.86. The van der Waals surface area contributed by atoms with Crippen molar-refractivity contribution in [1.82, 2.24) is 10.2 Å². The summed E-state index contributed by atoms with van der Waals surface area (Å²) in [5.41, 5.74) is 9.92. The molecule has 204 valence electrons. The van der Waals surface area contributed by atoms with E-state index < -0.39 is 17.9 Å². The van der Waals surface area contributed by atoms with Gasteiger partial charge in [-0.25, -0.2) is 4.79 Å². The minimum Gasteiger partial charge on any atom is -0.496 e. The summed E-state index contributed by atoms with van der Waals surface area (Å²) in [6.07, 6.45) is 0. The third kappa shape index (κ3) is 6.63. The second-order valence-electron chi connectivity index (χ2n) is 9.38. The summed E-state index contributed by atoms with van der Waals surface area (Å²) in [6.45, 7) is 3.87. The zero-order valence-electron chi connectivity index (χ0n) is 22.3. The van der Waals surface area contributed by atoms with Crippen LogP contribution in [0.2, 0.25) is 0 Å². The normalized spacial score (nSPS) is 16.2. The van der Waals surface area contributed by atoms with E-state index in [9.17, 15) is 14.4 Å². The SMILES string of the molecule is COC(=O)c1ccc([C@H](C)NC(=O)[C@H]2COCCN2Cc2ccc(OC)c(-c3ccc(C(N)=O)cc3)c2)cc1. The Hall–Kier alpha value is -4.21. The van der Waals surface area contributed by atoms with Crippen LogP contribution in [0.5, 0.6) is 5.75 Å². The second kappa shape index (κ2) is 12.6. The lowest BCUT2D eigenvalue weighted by atomic mass is 9.99. The summed E-state index contributed by atoms with van der Waals surface area (Å²) >= 11 is 0. The highest BCUT2D eigenvalue weighted by Crippen LogP contribution is 2.32. The van der Waals surface area contributed by atoms with E-state index in [-0.39, 0.29) is 18.6 Å². The number of carbonyl (C=O) groups excluding carboxylic acids is 3. The van der Waals surface area contributed by atoms with Crippen molar-refractivity contribution in [2.45, 2.75) is 25.6 Å². The lowest BCUT2D eigenvalue weighted by molar-refractivity contribution is -0.133. The molecule has 1 heterocycles. The van der Waals surface area contributed by atoms with E-state index in [4.69, 9.17) is 19.9 Å². The number of nitrogens with one attached hydrogen (secondary N) is 1. The molecule has 0 aliphatic carbocycles. The number of ether oxygens (including phenoxy) is 3. The van der Waals surface area contributed by atoms with Gasteiger partial charge in [-0.05, 0) is 60.0 Å². The maximum Gasteiger partial charge on any atom is 0.337 e. The summed E-state index contributed by atoms with van der Waals surface area (Å²) in [7, 11) is 2.95. The third-order valence-corrected chi connectivity index (χ3v) is 6.86. The van der Waals surface area contributed by atoms with E-state index >= 15 is 0 Å². The van der Waals surface area contributed by atoms with Crippen molar-refractivity contribution in [3.05, 3.63) is 89.0 Å². The number of amides is 2. The molecular formula is C30H33N3O6. The van der Waals surface area contributed by atoms with Crippen LogP contribution in [0.15, 0.2) is 66.7 Å². The van der Waals surface area contributed by atoms with Crippen molar-refractivity contribution in [3.63, 3.8) is 0 Å². The molecule has 9 heteroatoms. The topological polar surface area (TPSA) is 120 Å². The molecule has 0 unspecified atom stereocenters. The fourth-order valence-electron chi connectivity index (χ4n) is 4.62. The fourth-order valence-corrected chi connectivity index (χ4v) is 4.62. The summed E-state index contributed by atoms with van der Waals surface area (Å²) in [5.74, 6) is -0.312. The monoisotopic (exact) mass is 531 g/mol. The van der Waals surface area contributed by atoms with Crippen molar-refractivity contribution < 1.29 is 28.6 Å². The Bertz CT molecular complexity index is 1320. The first-order chi connectivity index (χ1) is 18.8. The van der Waals surface area contributed by atoms with Crippen LogP contribution in [0.1, 0.15) is 44.8 Å². The van der Waals surface area contributed by atoms with Gasteiger partial charge in [0.1, 0.15) is 11.8 Å². The Balaban J connectivity index is 1.48. The van der Waals surface area contributed by atoms with Crippen LogP contribution in [0.4, 0.5) is 0 Å². The highest BCUT2D eigenvalue weighted by molar-refractivity contribution is 5.93. The number of primary amides is 1. The maximum atomic E-state index is 13.3. The number of nitrogens with zero attached hydrogens (tertiary/aromatic N) is 1. The van der Waals surface area contributed by atoms with Gasteiger partial charge in [-0.3, -0.25) is 14.5 Å². The van der Waals surface area contributed by atoms with Gasteiger partial charge in [0.2, 0.25) is 11.8 Å². The molecule has 4 rings (SSSR count). The Morgan fingerprint density at radius 2 is 1.72 bits per heavy atom. The lowest BCUT2D eigenvalue weighted by Crippen LogP contribution is -2.53. The van der Waals surface area contributed by atoms with Gasteiger partial charge in [-0.15, -0.1) is 0 Å². The van der Waals surface area contributed by atoms with Crippen LogP contribution in [0.25, 0.3) is 11.1 Å². The molecule has 9 nitrogen and oxygen atoms in total. The summed E-state index contributed by atoms with van der Waals surface area (Å²) in [5, 5.41) is 3.08. The van der Waals surface area contributed by atoms with Gasteiger partial charge >= 0.3 is 5.97 Å². The molecule has 2 atom stereocenters. The van der Waals surface area contributed by atoms with Crippen LogP contribution in [0, 0.1) is 0 Å². The molecule has 3 aromatic carbocycles. The van der Waals surface area contributed by atoms with Gasteiger partial charge in [0.25, 0.3) is 0 Å². The standard InChI is InChI=1S/C30H33N3O6/c1-19(21-5-11-24(12-6-21)30(36)38-3)32-29(35)26-18-39-15-14-33(26)17-20-4-13-27(37-2)25(16-20)22-7-9-23(10-8-22)28(31)34/h4-13,16,19,26H,14-15,17-18H2,1-3H3,(H2,31,34)(H,32,35)/t19-,26+/m0/s1. The first kappa shape index (κ1) is 27.8. The van der Waals surface area contributed by atoms with Gasteiger partial charge < -0.3 is 25.3 Å². The number of hydrogen-bond donors (Lipinski definition) is 2. The number of esters is 1. The molecule has 3 aromatic rings. The molecule has 3 N–H and O–H groups in total. The first-order valence-corrected chi connectivity index (χ1v) is 12.7. The minimum absolute atomic E-state index is 0.130. The average molecular weight is 532 g/mol. The van der Waals surface area contributed by atoms with Crippen LogP contribution < -0.4 is 15.8 Å². The molecule has 0 saturated carbocycles. The highest BCUT2D eigenvalue weighted by atomic mass is 16.5. The number of rotatable bonds is 9. The van der Waals surface area contributed by atoms with Gasteiger partial charge in [0, 0.05) is 24.2 Å². The van der Waals surface area contributed by atoms with Crippen LogP contribution in [-0.4, -0.2) is 62.7 Å².